The lowest BCUT2D eigenvalue weighted by Gasteiger charge is -2.11. The van der Waals surface area contributed by atoms with Crippen LogP contribution in [0.4, 0.5) is 0 Å². The predicted molar refractivity (Wildman–Crippen MR) is 87.6 cm³/mol. The molecule has 0 spiro atoms. The van der Waals surface area contributed by atoms with E-state index in [-0.39, 0.29) is 13.4 Å². The minimum absolute atomic E-state index is 0.164. The molecule has 0 atom stereocenters. The van der Waals surface area contributed by atoms with Crippen molar-refractivity contribution in [2.75, 3.05) is 13.4 Å². The van der Waals surface area contributed by atoms with Crippen molar-refractivity contribution >= 4 is 33.5 Å². The Morgan fingerprint density at radius 1 is 1.26 bits per heavy atom. The summed E-state index contributed by atoms with van der Waals surface area (Å²) in [6.07, 6.45) is 0. The zero-order chi connectivity index (χ0) is 16.4. The molecular weight excluding hydrogens is 388 g/mol. The molecule has 0 saturated carbocycles. The minimum Gasteiger partial charge on any atom is -0.480 e. The van der Waals surface area contributed by atoms with E-state index in [1.54, 1.807) is 24.3 Å². The standard InChI is InChI=1S/C16H12BrClO5/c1-9-4-10(17)5-12(18)16(9)20-7-15(19)23-11-2-3-13-14(6-11)22-8-21-13/h2-6H,7-8H2,1H3. The summed E-state index contributed by atoms with van der Waals surface area (Å²) in [4.78, 5) is 11.9. The van der Waals surface area contributed by atoms with Gasteiger partial charge in [-0.1, -0.05) is 27.5 Å². The maximum absolute atomic E-state index is 11.9. The first-order valence-electron chi connectivity index (χ1n) is 6.72. The molecule has 0 unspecified atom stereocenters. The highest BCUT2D eigenvalue weighted by molar-refractivity contribution is 9.10. The number of carbonyl (C=O) groups is 1. The molecule has 0 amide bonds. The zero-order valence-corrected chi connectivity index (χ0v) is 14.4. The van der Waals surface area contributed by atoms with E-state index >= 15 is 0 Å². The Labute approximate surface area is 146 Å². The molecule has 2 aromatic rings. The first kappa shape index (κ1) is 16.0. The van der Waals surface area contributed by atoms with Gasteiger partial charge in [0.15, 0.2) is 18.1 Å². The van der Waals surface area contributed by atoms with Gasteiger partial charge in [0, 0.05) is 10.5 Å². The van der Waals surface area contributed by atoms with Gasteiger partial charge in [-0.15, -0.1) is 0 Å². The van der Waals surface area contributed by atoms with Gasteiger partial charge in [0.25, 0.3) is 0 Å². The maximum atomic E-state index is 11.9. The Morgan fingerprint density at radius 3 is 2.83 bits per heavy atom. The fraction of sp³-hybridized carbons (Fsp3) is 0.188. The number of esters is 1. The van der Waals surface area contributed by atoms with E-state index in [2.05, 4.69) is 15.9 Å². The van der Waals surface area contributed by atoms with Gasteiger partial charge in [0.05, 0.1) is 5.02 Å². The predicted octanol–water partition coefficient (Wildman–Crippen LogP) is 4.12. The maximum Gasteiger partial charge on any atom is 0.349 e. The van der Waals surface area contributed by atoms with Gasteiger partial charge in [-0.05, 0) is 36.8 Å². The molecule has 0 aliphatic carbocycles. The third kappa shape index (κ3) is 3.71. The molecule has 0 saturated heterocycles. The van der Waals surface area contributed by atoms with Crippen LogP contribution in [0.5, 0.6) is 23.0 Å². The molecule has 3 rings (SSSR count). The lowest BCUT2D eigenvalue weighted by atomic mass is 10.2. The number of hydrogen-bond acceptors (Lipinski definition) is 5. The average molecular weight is 400 g/mol. The Hall–Kier alpha value is -1.92. The molecular formula is C16H12BrClO5. The van der Waals surface area contributed by atoms with Crippen LogP contribution in [0.15, 0.2) is 34.8 Å². The second kappa shape index (κ2) is 6.68. The molecule has 1 heterocycles. The summed E-state index contributed by atoms with van der Waals surface area (Å²) in [7, 11) is 0. The molecule has 2 aromatic carbocycles. The van der Waals surface area contributed by atoms with Crippen molar-refractivity contribution in [1.82, 2.24) is 0 Å². The number of hydrogen-bond donors (Lipinski definition) is 0. The Kier molecular flexibility index (Phi) is 4.63. The summed E-state index contributed by atoms with van der Waals surface area (Å²) in [5.41, 5.74) is 0.820. The third-order valence-electron chi connectivity index (χ3n) is 3.10. The van der Waals surface area contributed by atoms with Crippen molar-refractivity contribution in [3.8, 4) is 23.0 Å². The van der Waals surface area contributed by atoms with Crippen LogP contribution in [0.1, 0.15) is 5.56 Å². The van der Waals surface area contributed by atoms with E-state index in [9.17, 15) is 4.79 Å². The van der Waals surface area contributed by atoms with E-state index in [0.29, 0.717) is 28.0 Å². The quantitative estimate of drug-likeness (QED) is 0.572. The largest absolute Gasteiger partial charge is 0.480 e. The average Bonchev–Trinajstić information content (AvgIpc) is 2.93. The highest BCUT2D eigenvalue weighted by atomic mass is 79.9. The fourth-order valence-corrected chi connectivity index (χ4v) is 3.13. The number of rotatable bonds is 4. The van der Waals surface area contributed by atoms with Crippen LogP contribution in [0.2, 0.25) is 5.02 Å². The van der Waals surface area contributed by atoms with Crippen molar-refractivity contribution in [2.24, 2.45) is 0 Å². The SMILES string of the molecule is Cc1cc(Br)cc(Cl)c1OCC(=O)Oc1ccc2c(c1)OCO2. The molecule has 0 aromatic heterocycles. The van der Waals surface area contributed by atoms with Gasteiger partial charge < -0.3 is 18.9 Å². The number of ether oxygens (including phenoxy) is 4. The van der Waals surface area contributed by atoms with Gasteiger partial charge in [0.2, 0.25) is 6.79 Å². The van der Waals surface area contributed by atoms with E-state index in [0.717, 1.165) is 10.0 Å². The smallest absolute Gasteiger partial charge is 0.349 e. The molecule has 0 fully saturated rings. The van der Waals surface area contributed by atoms with Crippen molar-refractivity contribution in [3.63, 3.8) is 0 Å². The minimum atomic E-state index is -0.540. The molecule has 5 nitrogen and oxygen atoms in total. The molecule has 1 aliphatic heterocycles. The van der Waals surface area contributed by atoms with Crippen LogP contribution in [0.25, 0.3) is 0 Å². The number of carbonyl (C=O) groups excluding carboxylic acids is 1. The number of benzene rings is 2. The third-order valence-corrected chi connectivity index (χ3v) is 3.84. The second-order valence-electron chi connectivity index (χ2n) is 4.81. The summed E-state index contributed by atoms with van der Waals surface area (Å²) < 4.78 is 21.9. The Morgan fingerprint density at radius 2 is 2.04 bits per heavy atom. The van der Waals surface area contributed by atoms with Crippen molar-refractivity contribution in [3.05, 3.63) is 45.4 Å². The van der Waals surface area contributed by atoms with E-state index < -0.39 is 5.97 Å². The van der Waals surface area contributed by atoms with Crippen LogP contribution in [0, 0.1) is 6.92 Å². The Bertz CT molecular complexity index is 739. The van der Waals surface area contributed by atoms with Crippen LogP contribution < -0.4 is 18.9 Å². The normalized spacial score (nSPS) is 12.1. The summed E-state index contributed by atoms with van der Waals surface area (Å²) in [5.74, 6) is 1.45. The van der Waals surface area contributed by atoms with Crippen LogP contribution in [0.3, 0.4) is 0 Å². The summed E-state index contributed by atoms with van der Waals surface area (Å²) in [5, 5.41) is 0.424. The highest BCUT2D eigenvalue weighted by Gasteiger charge is 2.16. The molecule has 0 N–H and O–H groups in total. The van der Waals surface area contributed by atoms with Crippen molar-refractivity contribution < 1.29 is 23.7 Å². The van der Waals surface area contributed by atoms with Gasteiger partial charge in [-0.3, -0.25) is 0 Å². The number of aryl methyl sites for hydroxylation is 1. The molecule has 120 valence electrons. The number of fused-ring (bicyclic) bond motifs is 1. The monoisotopic (exact) mass is 398 g/mol. The van der Waals surface area contributed by atoms with Gasteiger partial charge >= 0.3 is 5.97 Å². The lowest BCUT2D eigenvalue weighted by Crippen LogP contribution is -2.18. The number of halogens is 2. The molecule has 1 aliphatic rings. The second-order valence-corrected chi connectivity index (χ2v) is 6.13. The molecule has 23 heavy (non-hydrogen) atoms. The Balaban J connectivity index is 1.62. The first-order valence-corrected chi connectivity index (χ1v) is 7.89. The van der Waals surface area contributed by atoms with Crippen molar-refractivity contribution in [2.45, 2.75) is 6.92 Å². The van der Waals surface area contributed by atoms with Crippen LogP contribution >= 0.6 is 27.5 Å². The van der Waals surface area contributed by atoms with Gasteiger partial charge in [-0.25, -0.2) is 4.79 Å². The summed E-state index contributed by atoms with van der Waals surface area (Å²) in [6, 6.07) is 8.46. The molecule has 0 radical (unpaired) electrons. The topological polar surface area (TPSA) is 54.0 Å². The van der Waals surface area contributed by atoms with Crippen LogP contribution in [-0.4, -0.2) is 19.4 Å². The molecule has 7 heteroatoms. The highest BCUT2D eigenvalue weighted by Crippen LogP contribution is 2.35. The van der Waals surface area contributed by atoms with Gasteiger partial charge in [-0.2, -0.15) is 0 Å². The van der Waals surface area contributed by atoms with E-state index in [1.165, 1.54) is 0 Å². The van der Waals surface area contributed by atoms with E-state index in [1.807, 2.05) is 13.0 Å². The zero-order valence-electron chi connectivity index (χ0n) is 12.1. The summed E-state index contributed by atoms with van der Waals surface area (Å²) >= 11 is 9.45. The first-order chi connectivity index (χ1) is 11.0. The van der Waals surface area contributed by atoms with Gasteiger partial charge in [0.1, 0.15) is 11.5 Å². The van der Waals surface area contributed by atoms with Crippen LogP contribution in [-0.2, 0) is 4.79 Å². The van der Waals surface area contributed by atoms with E-state index in [4.69, 9.17) is 30.5 Å². The molecule has 0 bridgehead atoms. The van der Waals surface area contributed by atoms with Crippen molar-refractivity contribution in [1.29, 1.82) is 0 Å². The fourth-order valence-electron chi connectivity index (χ4n) is 2.10. The summed E-state index contributed by atoms with van der Waals surface area (Å²) in [6.45, 7) is 1.75. The lowest BCUT2D eigenvalue weighted by molar-refractivity contribution is -0.136.